The lowest BCUT2D eigenvalue weighted by Gasteiger charge is -2.09. The first-order valence-electron chi connectivity index (χ1n) is 5.95. The molecule has 10 heteroatoms. The number of carbonyl (C=O) groups excluding carboxylic acids is 1. The average molecular weight is 302 g/mol. The number of nitro benzene ring substituents is 1. The highest BCUT2D eigenvalue weighted by Crippen LogP contribution is 2.28. The van der Waals surface area contributed by atoms with E-state index in [-0.39, 0.29) is 23.8 Å². The molecule has 0 atom stereocenters. The molecular weight excluding hydrogens is 292 g/mol. The van der Waals surface area contributed by atoms with E-state index in [1.165, 1.54) is 36.3 Å². The van der Waals surface area contributed by atoms with Crippen molar-refractivity contribution >= 4 is 17.3 Å². The van der Waals surface area contributed by atoms with Gasteiger partial charge in [-0.1, -0.05) is 0 Å². The maximum atomic E-state index is 11.9. The van der Waals surface area contributed by atoms with Crippen LogP contribution < -0.4 is 10.1 Å². The summed E-state index contributed by atoms with van der Waals surface area (Å²) in [7, 11) is 1.34. The Morgan fingerprint density at radius 3 is 2.95 bits per heavy atom. The van der Waals surface area contributed by atoms with Crippen LogP contribution in [0.3, 0.4) is 0 Å². The van der Waals surface area contributed by atoms with Crippen molar-refractivity contribution in [1.82, 2.24) is 14.8 Å². The van der Waals surface area contributed by atoms with Crippen molar-refractivity contribution in [1.29, 1.82) is 5.26 Å². The number of ether oxygens (including phenoxy) is 1. The standard InChI is InChI=1S/C12H10N6O4/c1-22-10-4-8(18(20)21)2-3-9(10)15-12(19)6-17-7-14-11(5-13)16-17/h2-4,7H,6H2,1H3,(H,15,19). The van der Waals surface area contributed by atoms with Crippen molar-refractivity contribution in [2.45, 2.75) is 6.54 Å². The maximum Gasteiger partial charge on any atom is 0.273 e. The number of benzene rings is 1. The fourth-order valence-corrected chi connectivity index (χ4v) is 1.66. The Morgan fingerprint density at radius 2 is 2.36 bits per heavy atom. The molecule has 1 aromatic heterocycles. The molecule has 0 aliphatic heterocycles. The Balaban J connectivity index is 2.11. The van der Waals surface area contributed by atoms with E-state index in [0.29, 0.717) is 5.69 Å². The number of nitriles is 1. The van der Waals surface area contributed by atoms with E-state index in [1.54, 1.807) is 6.07 Å². The smallest absolute Gasteiger partial charge is 0.273 e. The van der Waals surface area contributed by atoms with Gasteiger partial charge in [0.1, 0.15) is 24.7 Å². The summed E-state index contributed by atoms with van der Waals surface area (Å²) in [6.45, 7) is -0.158. The van der Waals surface area contributed by atoms with E-state index >= 15 is 0 Å². The number of non-ortho nitro benzene ring substituents is 1. The highest BCUT2D eigenvalue weighted by atomic mass is 16.6. The van der Waals surface area contributed by atoms with Crippen molar-refractivity contribution < 1.29 is 14.5 Å². The van der Waals surface area contributed by atoms with E-state index in [4.69, 9.17) is 10.00 Å². The normalized spacial score (nSPS) is 9.82. The lowest BCUT2D eigenvalue weighted by Crippen LogP contribution is -2.19. The first-order valence-corrected chi connectivity index (χ1v) is 5.95. The molecule has 0 spiro atoms. The second-order valence-corrected chi connectivity index (χ2v) is 4.07. The van der Waals surface area contributed by atoms with E-state index in [0.717, 1.165) is 0 Å². The molecule has 0 aliphatic rings. The van der Waals surface area contributed by atoms with Crippen molar-refractivity contribution in [2.24, 2.45) is 0 Å². The number of nitrogens with zero attached hydrogens (tertiary/aromatic N) is 5. The third-order valence-corrected chi connectivity index (χ3v) is 2.61. The lowest BCUT2D eigenvalue weighted by molar-refractivity contribution is -0.384. The van der Waals surface area contributed by atoms with E-state index in [9.17, 15) is 14.9 Å². The summed E-state index contributed by atoms with van der Waals surface area (Å²) in [6, 6.07) is 5.58. The van der Waals surface area contributed by atoms with Gasteiger partial charge in [-0.15, -0.1) is 5.10 Å². The van der Waals surface area contributed by atoms with Gasteiger partial charge >= 0.3 is 0 Å². The second kappa shape index (κ2) is 6.31. The molecule has 2 rings (SSSR count). The van der Waals surface area contributed by atoms with Crippen molar-refractivity contribution in [2.75, 3.05) is 12.4 Å². The van der Waals surface area contributed by atoms with Crippen LogP contribution in [0.5, 0.6) is 5.75 Å². The van der Waals surface area contributed by atoms with Gasteiger partial charge < -0.3 is 10.1 Å². The molecule has 1 amide bonds. The molecule has 112 valence electrons. The number of anilines is 1. The minimum atomic E-state index is -0.563. The number of amides is 1. The van der Waals surface area contributed by atoms with Gasteiger partial charge in [0, 0.05) is 6.07 Å². The number of aromatic nitrogens is 3. The van der Waals surface area contributed by atoms with Gasteiger partial charge in [-0.25, -0.2) is 9.67 Å². The van der Waals surface area contributed by atoms with Gasteiger partial charge in [-0.05, 0) is 6.07 Å². The molecule has 1 aromatic carbocycles. The summed E-state index contributed by atoms with van der Waals surface area (Å²) in [6.07, 6.45) is 1.26. The van der Waals surface area contributed by atoms with E-state index in [1.807, 2.05) is 0 Å². The Labute approximate surface area is 124 Å². The Kier molecular flexibility index (Phi) is 4.28. The van der Waals surface area contributed by atoms with Crippen LogP contribution in [-0.2, 0) is 11.3 Å². The Hall–Kier alpha value is -3.48. The molecule has 0 saturated heterocycles. The quantitative estimate of drug-likeness (QED) is 0.634. The van der Waals surface area contributed by atoms with Gasteiger partial charge in [0.25, 0.3) is 11.5 Å². The third kappa shape index (κ3) is 3.34. The van der Waals surface area contributed by atoms with Crippen LogP contribution in [0.2, 0.25) is 0 Å². The maximum absolute atomic E-state index is 11.9. The Bertz CT molecular complexity index is 763. The highest BCUT2D eigenvalue weighted by Gasteiger charge is 2.14. The second-order valence-electron chi connectivity index (χ2n) is 4.07. The molecule has 0 unspecified atom stereocenters. The van der Waals surface area contributed by atoms with Crippen LogP contribution in [0.1, 0.15) is 5.82 Å². The van der Waals surface area contributed by atoms with Crippen molar-refractivity contribution in [3.8, 4) is 11.8 Å². The molecule has 1 N–H and O–H groups in total. The van der Waals surface area contributed by atoms with Gasteiger partial charge in [0.05, 0.1) is 23.8 Å². The summed E-state index contributed by atoms with van der Waals surface area (Å²) in [5.74, 6) is -0.318. The molecule has 0 saturated carbocycles. The highest BCUT2D eigenvalue weighted by molar-refractivity contribution is 5.92. The van der Waals surface area contributed by atoms with E-state index < -0.39 is 10.8 Å². The van der Waals surface area contributed by atoms with E-state index in [2.05, 4.69) is 15.4 Å². The van der Waals surface area contributed by atoms with Crippen molar-refractivity contribution in [3.63, 3.8) is 0 Å². The molecule has 1 heterocycles. The SMILES string of the molecule is COc1cc([N+](=O)[O-])ccc1NC(=O)Cn1cnc(C#N)n1. The summed E-state index contributed by atoms with van der Waals surface area (Å²) in [4.78, 5) is 25.7. The lowest BCUT2D eigenvalue weighted by atomic mass is 10.2. The monoisotopic (exact) mass is 302 g/mol. The molecule has 0 bridgehead atoms. The van der Waals surface area contributed by atoms with Crippen LogP contribution >= 0.6 is 0 Å². The molecule has 10 nitrogen and oxygen atoms in total. The average Bonchev–Trinajstić information content (AvgIpc) is 2.94. The van der Waals surface area contributed by atoms with Crippen LogP contribution in [0.25, 0.3) is 0 Å². The molecule has 0 fully saturated rings. The van der Waals surface area contributed by atoms with Gasteiger partial charge in [-0.2, -0.15) is 5.26 Å². The number of nitro groups is 1. The molecule has 0 aliphatic carbocycles. The predicted octanol–water partition coefficient (Wildman–Crippen LogP) is 0.705. The number of methoxy groups -OCH3 is 1. The number of carbonyl (C=O) groups is 1. The molecule has 0 radical (unpaired) electrons. The molecule has 22 heavy (non-hydrogen) atoms. The van der Waals surface area contributed by atoms with Gasteiger partial charge in [0.2, 0.25) is 5.91 Å². The zero-order chi connectivity index (χ0) is 16.1. The van der Waals surface area contributed by atoms with Crippen molar-refractivity contribution in [3.05, 3.63) is 40.5 Å². The number of rotatable bonds is 5. The number of nitrogens with one attached hydrogen (secondary N) is 1. The minimum absolute atomic E-state index is 0.0410. The van der Waals surface area contributed by atoms with Crippen LogP contribution in [0.15, 0.2) is 24.5 Å². The number of hydrogen-bond donors (Lipinski definition) is 1. The van der Waals surface area contributed by atoms with Crippen LogP contribution in [0.4, 0.5) is 11.4 Å². The Morgan fingerprint density at radius 1 is 1.59 bits per heavy atom. The summed E-state index contributed by atoms with van der Waals surface area (Å²) in [5, 5.41) is 25.6. The summed E-state index contributed by atoms with van der Waals surface area (Å²) < 4.78 is 6.21. The van der Waals surface area contributed by atoms with Gasteiger partial charge in [-0.3, -0.25) is 14.9 Å². The summed E-state index contributed by atoms with van der Waals surface area (Å²) >= 11 is 0. The fraction of sp³-hybridized carbons (Fsp3) is 0.167. The zero-order valence-corrected chi connectivity index (χ0v) is 11.4. The molecule has 2 aromatic rings. The first kappa shape index (κ1) is 14.9. The zero-order valence-electron chi connectivity index (χ0n) is 11.4. The number of hydrogen-bond acceptors (Lipinski definition) is 7. The first-order chi connectivity index (χ1) is 10.5. The van der Waals surface area contributed by atoms with Gasteiger partial charge in [0.15, 0.2) is 0 Å². The summed E-state index contributed by atoms with van der Waals surface area (Å²) in [5.41, 5.74) is 0.142. The minimum Gasteiger partial charge on any atom is -0.494 e. The van der Waals surface area contributed by atoms with Crippen LogP contribution in [-0.4, -0.2) is 32.7 Å². The topological polar surface area (TPSA) is 136 Å². The van der Waals surface area contributed by atoms with Crippen LogP contribution in [0, 0.1) is 21.4 Å². The largest absolute Gasteiger partial charge is 0.494 e. The molecular formula is C12H10N6O4. The fourth-order valence-electron chi connectivity index (χ4n) is 1.66. The third-order valence-electron chi connectivity index (χ3n) is 2.61. The predicted molar refractivity (Wildman–Crippen MR) is 73.0 cm³/mol.